The fraction of sp³-hybridized carbons (Fsp3) is 0.278. The summed E-state index contributed by atoms with van der Waals surface area (Å²) in [5.41, 5.74) is 8.12. The molecule has 23 heavy (non-hydrogen) atoms. The molecular weight excluding hydrogens is 308 g/mol. The van der Waals surface area contributed by atoms with Crippen molar-refractivity contribution in [3.8, 4) is 0 Å². The smallest absolute Gasteiger partial charge is 0.221 e. The van der Waals surface area contributed by atoms with Gasteiger partial charge in [-0.2, -0.15) is 0 Å². The first-order valence-corrected chi connectivity index (χ1v) is 8.84. The van der Waals surface area contributed by atoms with Gasteiger partial charge in [-0.15, -0.1) is 0 Å². The first kappa shape index (κ1) is 17.4. The molecule has 0 saturated carbocycles. The second-order valence-corrected chi connectivity index (χ2v) is 6.93. The average molecular weight is 330 g/mol. The van der Waals surface area contributed by atoms with Crippen LogP contribution in [-0.4, -0.2) is 10.5 Å². The molecule has 122 valence electrons. The predicted octanol–water partition coefficient (Wildman–Crippen LogP) is 3.74. The first-order chi connectivity index (χ1) is 11.0. The van der Waals surface area contributed by atoms with E-state index in [0.717, 1.165) is 24.2 Å². The molecule has 3 N–H and O–H groups in total. The Hall–Kier alpha value is -1.98. The number of carbonyl (C=O) groups is 1. The lowest BCUT2D eigenvalue weighted by Crippen LogP contribution is -2.09. The summed E-state index contributed by atoms with van der Waals surface area (Å²) in [6.07, 6.45) is 3.36. The standard InChI is InChI=1S/C18H22N2O2S/c1-3-4-5-14-6-8-15(9-7-14)23(22)16-10-11-18(17(19)12-16)20-13(2)21/h6-12H,3-5,19H2,1-2H3,(H,20,21). The molecule has 5 heteroatoms. The van der Waals surface area contributed by atoms with Gasteiger partial charge in [0, 0.05) is 24.2 Å². The van der Waals surface area contributed by atoms with Crippen LogP contribution in [-0.2, 0) is 22.4 Å². The van der Waals surface area contributed by atoms with Gasteiger partial charge in [0.15, 0.2) is 9.79 Å². The maximum Gasteiger partial charge on any atom is 0.221 e. The number of nitrogen functional groups attached to an aromatic ring is 1. The Bertz CT molecular complexity index is 671. The zero-order chi connectivity index (χ0) is 16.8. The van der Waals surface area contributed by atoms with Gasteiger partial charge in [-0.25, -0.2) is 0 Å². The minimum Gasteiger partial charge on any atom is -0.606 e. The van der Waals surface area contributed by atoms with Gasteiger partial charge in [0.2, 0.25) is 5.91 Å². The van der Waals surface area contributed by atoms with Gasteiger partial charge in [-0.1, -0.05) is 25.5 Å². The summed E-state index contributed by atoms with van der Waals surface area (Å²) in [5, 5.41) is 2.64. The first-order valence-electron chi connectivity index (χ1n) is 7.69. The monoisotopic (exact) mass is 330 g/mol. The fourth-order valence-electron chi connectivity index (χ4n) is 2.26. The van der Waals surface area contributed by atoms with Crippen molar-refractivity contribution in [3.63, 3.8) is 0 Å². The summed E-state index contributed by atoms with van der Waals surface area (Å²) in [5.74, 6) is -0.187. The normalized spacial score (nSPS) is 12.0. The molecule has 0 heterocycles. The highest BCUT2D eigenvalue weighted by molar-refractivity contribution is 7.91. The highest BCUT2D eigenvalue weighted by Gasteiger charge is 2.16. The molecule has 0 fully saturated rings. The number of aryl methyl sites for hydroxylation is 1. The molecule has 0 aliphatic rings. The van der Waals surface area contributed by atoms with Crippen LogP contribution in [0.15, 0.2) is 52.3 Å². The number of amides is 1. The molecule has 2 aromatic carbocycles. The van der Waals surface area contributed by atoms with E-state index in [9.17, 15) is 9.35 Å². The van der Waals surface area contributed by atoms with E-state index in [4.69, 9.17) is 5.73 Å². The lowest BCUT2D eigenvalue weighted by Gasteiger charge is -2.13. The highest BCUT2D eigenvalue weighted by Crippen LogP contribution is 2.27. The minimum absolute atomic E-state index is 0.187. The zero-order valence-corrected chi connectivity index (χ0v) is 14.3. The van der Waals surface area contributed by atoms with E-state index in [1.165, 1.54) is 12.5 Å². The Morgan fingerprint density at radius 1 is 1.17 bits per heavy atom. The Morgan fingerprint density at radius 3 is 2.39 bits per heavy atom. The van der Waals surface area contributed by atoms with Gasteiger partial charge in [-0.3, -0.25) is 4.79 Å². The molecule has 2 aromatic rings. The third-order valence-electron chi connectivity index (χ3n) is 3.50. The lowest BCUT2D eigenvalue weighted by atomic mass is 10.1. The Labute approximate surface area is 140 Å². The zero-order valence-electron chi connectivity index (χ0n) is 13.5. The molecule has 0 aliphatic carbocycles. The van der Waals surface area contributed by atoms with Crippen molar-refractivity contribution in [2.45, 2.75) is 42.9 Å². The van der Waals surface area contributed by atoms with Crippen molar-refractivity contribution in [1.82, 2.24) is 0 Å². The number of nitrogens with one attached hydrogen (secondary N) is 1. The lowest BCUT2D eigenvalue weighted by molar-refractivity contribution is -0.114. The maximum absolute atomic E-state index is 12.6. The number of benzene rings is 2. The number of anilines is 2. The van der Waals surface area contributed by atoms with E-state index in [1.807, 2.05) is 24.3 Å². The fourth-order valence-corrected chi connectivity index (χ4v) is 3.34. The van der Waals surface area contributed by atoms with Crippen LogP contribution in [0, 0.1) is 0 Å². The SMILES string of the molecule is CCCCc1ccc([S+]([O-])c2ccc(NC(C)=O)c(N)c2)cc1. The summed E-state index contributed by atoms with van der Waals surface area (Å²) in [7, 11) is 0. The van der Waals surface area contributed by atoms with Crippen LogP contribution in [0.3, 0.4) is 0 Å². The van der Waals surface area contributed by atoms with E-state index in [0.29, 0.717) is 16.3 Å². The third-order valence-corrected chi connectivity index (χ3v) is 4.89. The topological polar surface area (TPSA) is 78.2 Å². The molecule has 0 saturated heterocycles. The summed E-state index contributed by atoms with van der Waals surface area (Å²) in [6, 6.07) is 12.9. The molecule has 0 aliphatic heterocycles. The van der Waals surface area contributed by atoms with Crippen molar-refractivity contribution in [2.75, 3.05) is 11.1 Å². The van der Waals surface area contributed by atoms with Crippen LogP contribution in [0.5, 0.6) is 0 Å². The summed E-state index contributed by atoms with van der Waals surface area (Å²) in [6.45, 7) is 3.59. The van der Waals surface area contributed by atoms with Crippen LogP contribution in [0.4, 0.5) is 11.4 Å². The van der Waals surface area contributed by atoms with Gasteiger partial charge in [0.25, 0.3) is 0 Å². The molecule has 0 aromatic heterocycles. The van der Waals surface area contributed by atoms with Gasteiger partial charge in [-0.05, 0) is 42.7 Å². The summed E-state index contributed by atoms with van der Waals surface area (Å²) >= 11 is -1.28. The van der Waals surface area contributed by atoms with Crippen LogP contribution in [0.25, 0.3) is 0 Å². The number of rotatable bonds is 6. The van der Waals surface area contributed by atoms with Crippen molar-refractivity contribution in [2.24, 2.45) is 0 Å². The van der Waals surface area contributed by atoms with E-state index < -0.39 is 11.2 Å². The molecule has 1 amide bonds. The Balaban J connectivity index is 2.14. The van der Waals surface area contributed by atoms with Gasteiger partial charge >= 0.3 is 0 Å². The van der Waals surface area contributed by atoms with E-state index in [1.54, 1.807) is 18.2 Å². The number of nitrogens with two attached hydrogens (primary N) is 1. The van der Waals surface area contributed by atoms with Crippen LogP contribution >= 0.6 is 0 Å². The van der Waals surface area contributed by atoms with Crippen molar-refractivity contribution in [1.29, 1.82) is 0 Å². The number of unbranched alkanes of at least 4 members (excludes halogenated alkanes) is 1. The molecule has 0 radical (unpaired) electrons. The molecule has 1 atom stereocenters. The molecule has 1 unspecified atom stereocenters. The van der Waals surface area contributed by atoms with Gasteiger partial charge in [0.1, 0.15) is 0 Å². The van der Waals surface area contributed by atoms with Crippen LogP contribution in [0.2, 0.25) is 0 Å². The summed E-state index contributed by atoms with van der Waals surface area (Å²) in [4.78, 5) is 12.5. The molecular formula is C18H22N2O2S. The van der Waals surface area contributed by atoms with E-state index in [2.05, 4.69) is 12.2 Å². The minimum atomic E-state index is -1.28. The second kappa shape index (κ2) is 8.04. The van der Waals surface area contributed by atoms with E-state index in [-0.39, 0.29) is 5.91 Å². The quantitative estimate of drug-likeness (QED) is 0.625. The largest absolute Gasteiger partial charge is 0.606 e. The number of carbonyl (C=O) groups excluding carboxylic acids is 1. The van der Waals surface area contributed by atoms with Crippen LogP contribution in [0.1, 0.15) is 32.3 Å². The van der Waals surface area contributed by atoms with Crippen molar-refractivity contribution in [3.05, 3.63) is 48.0 Å². The number of hydrogen-bond donors (Lipinski definition) is 2. The second-order valence-electron chi connectivity index (χ2n) is 5.45. The summed E-state index contributed by atoms with van der Waals surface area (Å²) < 4.78 is 12.6. The predicted molar refractivity (Wildman–Crippen MR) is 94.9 cm³/mol. The van der Waals surface area contributed by atoms with Crippen molar-refractivity contribution < 1.29 is 9.35 Å². The van der Waals surface area contributed by atoms with Gasteiger partial charge in [0.05, 0.1) is 11.4 Å². The maximum atomic E-state index is 12.6. The molecule has 0 bridgehead atoms. The third kappa shape index (κ3) is 4.74. The highest BCUT2D eigenvalue weighted by atomic mass is 32.2. The van der Waals surface area contributed by atoms with Crippen molar-refractivity contribution >= 4 is 28.5 Å². The number of hydrogen-bond acceptors (Lipinski definition) is 3. The molecule has 4 nitrogen and oxygen atoms in total. The van der Waals surface area contributed by atoms with Crippen LogP contribution < -0.4 is 11.1 Å². The van der Waals surface area contributed by atoms with Gasteiger partial charge < -0.3 is 15.6 Å². The molecule has 0 spiro atoms. The Kier molecular flexibility index (Phi) is 6.07. The average Bonchev–Trinajstić information content (AvgIpc) is 2.54. The van der Waals surface area contributed by atoms with E-state index >= 15 is 0 Å². The Morgan fingerprint density at radius 2 is 1.83 bits per heavy atom. The molecule has 2 rings (SSSR count).